The Labute approximate surface area is 171 Å². The minimum absolute atomic E-state index is 0.0361. The molecule has 0 saturated carbocycles. The molecule has 7 nitrogen and oxygen atoms in total. The van der Waals surface area contributed by atoms with Crippen LogP contribution in [0.5, 0.6) is 0 Å². The Morgan fingerprint density at radius 3 is 2.33 bits per heavy atom. The van der Waals surface area contributed by atoms with Crippen molar-refractivity contribution in [3.63, 3.8) is 0 Å². The molecule has 1 heterocycles. The van der Waals surface area contributed by atoms with Gasteiger partial charge in [0.1, 0.15) is 4.21 Å². The van der Waals surface area contributed by atoms with Crippen molar-refractivity contribution in [3.8, 4) is 0 Å². The number of thiophene rings is 1. The van der Waals surface area contributed by atoms with E-state index in [0.717, 1.165) is 15.6 Å². The van der Waals surface area contributed by atoms with Gasteiger partial charge in [0.05, 0.1) is 22.1 Å². The van der Waals surface area contributed by atoms with E-state index in [-0.39, 0.29) is 21.4 Å². The number of amides is 2. The molecular weight excluding hydrogens is 433 g/mol. The highest BCUT2D eigenvalue weighted by atomic mass is 35.5. The highest BCUT2D eigenvalue weighted by Crippen LogP contribution is 2.27. The summed E-state index contributed by atoms with van der Waals surface area (Å²) in [4.78, 5) is 26.0. The molecule has 0 saturated heterocycles. The fraction of sp³-hybridized carbons (Fsp3) is 0.250. The van der Waals surface area contributed by atoms with Crippen LogP contribution in [0.4, 0.5) is 5.69 Å². The summed E-state index contributed by atoms with van der Waals surface area (Å²) < 4.78 is 26.2. The van der Waals surface area contributed by atoms with Gasteiger partial charge in [0, 0.05) is 26.2 Å². The first-order valence-corrected chi connectivity index (χ1v) is 10.6. The number of benzene rings is 1. The smallest absolute Gasteiger partial charge is 0.255 e. The summed E-state index contributed by atoms with van der Waals surface area (Å²) in [6, 6.07) is 7.31. The summed E-state index contributed by atoms with van der Waals surface area (Å²) in [5.41, 5.74) is 0.449. The SMILES string of the molecule is CN(C)C(=O)c1ccc(Cl)cc1NC(=O)CN(C)S(=O)(=O)c1ccc(Cl)s1. The van der Waals surface area contributed by atoms with Gasteiger partial charge in [-0.15, -0.1) is 11.3 Å². The number of carbonyl (C=O) groups is 2. The van der Waals surface area contributed by atoms with Crippen LogP contribution in [0.2, 0.25) is 9.36 Å². The maximum absolute atomic E-state index is 12.5. The number of hydrogen-bond acceptors (Lipinski definition) is 5. The Balaban J connectivity index is 2.18. The van der Waals surface area contributed by atoms with Gasteiger partial charge in [0.25, 0.3) is 15.9 Å². The minimum atomic E-state index is -3.85. The third-order valence-corrected chi connectivity index (χ3v) is 7.21. The van der Waals surface area contributed by atoms with Gasteiger partial charge in [-0.3, -0.25) is 9.59 Å². The number of nitrogens with zero attached hydrogens (tertiary/aromatic N) is 2. The van der Waals surface area contributed by atoms with Crippen LogP contribution in [0.15, 0.2) is 34.5 Å². The van der Waals surface area contributed by atoms with Gasteiger partial charge >= 0.3 is 0 Å². The van der Waals surface area contributed by atoms with Crippen molar-refractivity contribution < 1.29 is 18.0 Å². The van der Waals surface area contributed by atoms with Crippen molar-refractivity contribution in [1.82, 2.24) is 9.21 Å². The molecule has 0 aliphatic rings. The van der Waals surface area contributed by atoms with E-state index in [1.54, 1.807) is 14.1 Å². The fourth-order valence-electron chi connectivity index (χ4n) is 2.11. The number of nitrogens with one attached hydrogen (secondary N) is 1. The molecule has 0 aliphatic heterocycles. The van der Waals surface area contributed by atoms with E-state index >= 15 is 0 Å². The first-order valence-electron chi connectivity index (χ1n) is 7.55. The van der Waals surface area contributed by atoms with Gasteiger partial charge in [-0.1, -0.05) is 23.2 Å². The molecule has 0 spiro atoms. The molecule has 146 valence electrons. The Kier molecular flexibility index (Phi) is 6.87. The predicted octanol–water partition coefficient (Wildman–Crippen LogP) is 3.02. The molecule has 0 unspecified atom stereocenters. The number of rotatable bonds is 6. The summed E-state index contributed by atoms with van der Waals surface area (Å²) in [6.07, 6.45) is 0. The van der Waals surface area contributed by atoms with Crippen LogP contribution in [-0.4, -0.2) is 57.1 Å². The van der Waals surface area contributed by atoms with Gasteiger partial charge in [0.2, 0.25) is 5.91 Å². The van der Waals surface area contributed by atoms with Gasteiger partial charge in [-0.25, -0.2) is 8.42 Å². The molecular formula is C16H17Cl2N3O4S2. The quantitative estimate of drug-likeness (QED) is 0.733. The van der Waals surface area contributed by atoms with E-state index in [4.69, 9.17) is 23.2 Å². The lowest BCUT2D eigenvalue weighted by Gasteiger charge is -2.18. The lowest BCUT2D eigenvalue weighted by molar-refractivity contribution is -0.116. The molecule has 1 N–H and O–H groups in total. The van der Waals surface area contributed by atoms with Crippen molar-refractivity contribution in [3.05, 3.63) is 45.3 Å². The number of carbonyl (C=O) groups excluding carboxylic acids is 2. The van der Waals surface area contributed by atoms with E-state index in [1.807, 2.05) is 0 Å². The van der Waals surface area contributed by atoms with Crippen molar-refractivity contribution >= 4 is 62.1 Å². The largest absolute Gasteiger partial charge is 0.345 e. The van der Waals surface area contributed by atoms with Crippen LogP contribution in [-0.2, 0) is 14.8 Å². The first-order chi connectivity index (χ1) is 12.5. The summed E-state index contributed by atoms with van der Waals surface area (Å²) in [7, 11) is 0.593. The van der Waals surface area contributed by atoms with E-state index < -0.39 is 22.5 Å². The van der Waals surface area contributed by atoms with E-state index in [2.05, 4.69) is 5.32 Å². The molecule has 2 rings (SSSR count). The third kappa shape index (κ3) is 5.20. The second-order valence-corrected chi connectivity index (χ2v) is 10.2. The number of anilines is 1. The van der Waals surface area contributed by atoms with Crippen LogP contribution < -0.4 is 5.32 Å². The van der Waals surface area contributed by atoms with Crippen LogP contribution >= 0.6 is 34.5 Å². The summed E-state index contributed by atoms with van der Waals surface area (Å²) in [5.74, 6) is -0.935. The zero-order chi connectivity index (χ0) is 20.4. The number of hydrogen-bond donors (Lipinski definition) is 1. The Morgan fingerprint density at radius 1 is 1.11 bits per heavy atom. The lowest BCUT2D eigenvalue weighted by atomic mass is 10.1. The van der Waals surface area contributed by atoms with Crippen molar-refractivity contribution in [2.24, 2.45) is 0 Å². The molecule has 1 aromatic heterocycles. The summed E-state index contributed by atoms with van der Waals surface area (Å²) in [6.45, 7) is -0.444. The van der Waals surface area contributed by atoms with E-state index in [0.29, 0.717) is 9.36 Å². The topological polar surface area (TPSA) is 86.8 Å². The number of halogens is 2. The van der Waals surface area contributed by atoms with Crippen LogP contribution in [0.1, 0.15) is 10.4 Å². The molecule has 0 bridgehead atoms. The molecule has 2 amide bonds. The molecule has 2 aromatic rings. The molecule has 0 aliphatic carbocycles. The van der Waals surface area contributed by atoms with Crippen molar-refractivity contribution in [1.29, 1.82) is 0 Å². The maximum atomic E-state index is 12.5. The third-order valence-electron chi connectivity index (χ3n) is 3.47. The first kappa shape index (κ1) is 21.6. The Hall–Kier alpha value is -1.65. The number of likely N-dealkylation sites (N-methyl/N-ethyl adjacent to an activating group) is 1. The lowest BCUT2D eigenvalue weighted by Crippen LogP contribution is -2.35. The van der Waals surface area contributed by atoms with E-state index in [1.165, 1.54) is 42.3 Å². The predicted molar refractivity (Wildman–Crippen MR) is 107 cm³/mol. The van der Waals surface area contributed by atoms with Crippen LogP contribution in [0.25, 0.3) is 0 Å². The minimum Gasteiger partial charge on any atom is -0.345 e. The molecule has 1 aromatic carbocycles. The average molecular weight is 450 g/mol. The fourth-order valence-corrected chi connectivity index (χ4v) is 5.11. The molecule has 0 atom stereocenters. The van der Waals surface area contributed by atoms with Gasteiger partial charge in [-0.05, 0) is 30.3 Å². The highest BCUT2D eigenvalue weighted by Gasteiger charge is 2.25. The normalized spacial score (nSPS) is 11.5. The zero-order valence-corrected chi connectivity index (χ0v) is 17.8. The van der Waals surface area contributed by atoms with Crippen LogP contribution in [0.3, 0.4) is 0 Å². The monoisotopic (exact) mass is 449 g/mol. The highest BCUT2D eigenvalue weighted by molar-refractivity contribution is 7.91. The maximum Gasteiger partial charge on any atom is 0.255 e. The number of sulfonamides is 1. The van der Waals surface area contributed by atoms with Gasteiger partial charge in [0.15, 0.2) is 0 Å². The Morgan fingerprint density at radius 2 is 1.78 bits per heavy atom. The molecule has 0 fully saturated rings. The molecule has 11 heteroatoms. The molecule has 0 radical (unpaired) electrons. The van der Waals surface area contributed by atoms with Crippen molar-refractivity contribution in [2.75, 3.05) is 33.0 Å². The van der Waals surface area contributed by atoms with Gasteiger partial charge < -0.3 is 10.2 Å². The molecule has 27 heavy (non-hydrogen) atoms. The second kappa shape index (κ2) is 8.57. The van der Waals surface area contributed by atoms with Crippen molar-refractivity contribution in [2.45, 2.75) is 4.21 Å². The Bertz CT molecular complexity index is 974. The zero-order valence-electron chi connectivity index (χ0n) is 14.7. The second-order valence-electron chi connectivity index (χ2n) is 5.76. The summed E-state index contributed by atoms with van der Waals surface area (Å²) >= 11 is 12.6. The van der Waals surface area contributed by atoms with Gasteiger partial charge in [-0.2, -0.15) is 4.31 Å². The van der Waals surface area contributed by atoms with Crippen LogP contribution in [0, 0.1) is 0 Å². The van der Waals surface area contributed by atoms with E-state index in [9.17, 15) is 18.0 Å². The standard InChI is InChI=1S/C16H17Cl2N3O4S2/c1-20(2)16(23)11-5-4-10(17)8-12(11)19-14(22)9-21(3)27(24,25)15-7-6-13(18)26-15/h4-8H,9H2,1-3H3,(H,19,22). The average Bonchev–Trinajstić information content (AvgIpc) is 3.01. The summed E-state index contributed by atoms with van der Waals surface area (Å²) in [5, 5.41) is 2.88.